The van der Waals surface area contributed by atoms with Crippen molar-refractivity contribution in [3.8, 4) is 11.3 Å². The van der Waals surface area contributed by atoms with E-state index in [-0.39, 0.29) is 23.0 Å². The van der Waals surface area contributed by atoms with E-state index in [0.717, 1.165) is 22.8 Å². The Kier molecular flexibility index (Phi) is 7.74. The van der Waals surface area contributed by atoms with E-state index >= 15 is 0 Å². The molecule has 3 aromatic heterocycles. The summed E-state index contributed by atoms with van der Waals surface area (Å²) < 4.78 is 32.2. The molecule has 2 aliphatic rings. The highest BCUT2D eigenvalue weighted by Crippen LogP contribution is 2.35. The number of H-pyrrole nitrogens is 2. The van der Waals surface area contributed by atoms with Crippen molar-refractivity contribution in [1.29, 1.82) is 0 Å². The fourth-order valence-electron chi connectivity index (χ4n) is 4.90. The van der Waals surface area contributed by atoms with Crippen LogP contribution in [0.1, 0.15) is 43.4 Å². The molecule has 2 amide bonds. The van der Waals surface area contributed by atoms with Gasteiger partial charge in [0.25, 0.3) is 11.8 Å². The van der Waals surface area contributed by atoms with Gasteiger partial charge in [-0.25, -0.2) is 8.78 Å². The lowest BCUT2D eigenvalue weighted by Crippen LogP contribution is -2.09. The summed E-state index contributed by atoms with van der Waals surface area (Å²) in [6.07, 6.45) is 4.80. The van der Waals surface area contributed by atoms with Gasteiger partial charge in [-0.3, -0.25) is 19.8 Å². The monoisotopic (exact) mass is 624 g/mol. The first-order valence-electron chi connectivity index (χ1n) is 14.3. The first-order valence-corrected chi connectivity index (χ1v) is 14.3. The smallest absolute Gasteiger partial charge is 0.257 e. The molecule has 0 fully saturated rings. The lowest BCUT2D eigenvalue weighted by molar-refractivity contribution is -0.111. The minimum absolute atomic E-state index is 0.0898. The summed E-state index contributed by atoms with van der Waals surface area (Å²) >= 11 is 0. The Bertz CT molecular complexity index is 2020. The number of furan rings is 1. The zero-order valence-electron chi connectivity index (χ0n) is 25.3. The third kappa shape index (κ3) is 6.15. The molecule has 2 aliphatic heterocycles. The number of aromatic amines is 2. The molecule has 6 N–H and O–H groups in total. The van der Waals surface area contributed by atoms with Crippen LogP contribution in [0.5, 0.6) is 0 Å². The predicted octanol–water partition coefficient (Wildman–Crippen LogP) is 6.77. The summed E-state index contributed by atoms with van der Waals surface area (Å²) in [5.41, 5.74) is 4.73. The number of anilines is 4. The largest absolute Gasteiger partial charge is 0.465 e. The van der Waals surface area contributed by atoms with E-state index in [2.05, 4.69) is 62.4 Å². The molecule has 5 heterocycles. The summed E-state index contributed by atoms with van der Waals surface area (Å²) in [7, 11) is 0. The summed E-state index contributed by atoms with van der Waals surface area (Å²) in [6, 6.07) is 14.0. The number of hydrogen-bond donors (Lipinski definition) is 6. The number of halogens is 2. The second kappa shape index (κ2) is 11.8. The van der Waals surface area contributed by atoms with Crippen LogP contribution in [-0.2, 0) is 15.0 Å². The fraction of sp³-hybridized carbons (Fsp3) is 0.152. The minimum atomic E-state index is -0.392. The number of nitrogens with one attached hydrogen (secondary N) is 6. The van der Waals surface area contributed by atoms with Gasteiger partial charge in [-0.15, -0.1) is 0 Å². The van der Waals surface area contributed by atoms with Crippen LogP contribution in [-0.4, -0.2) is 32.2 Å². The minimum Gasteiger partial charge on any atom is -0.465 e. The highest BCUT2D eigenvalue weighted by atomic mass is 19.1. The number of fused-ring (bicyclic) bond motifs is 2. The molecule has 0 saturated heterocycles. The number of nitrogens with zero attached hydrogens (tertiary/aromatic N) is 2. The molecule has 0 radical (unpaired) electrons. The Hall–Kier alpha value is -5.98. The maximum atomic E-state index is 13.3. The molecule has 0 atom stereocenters. The second-order valence-corrected chi connectivity index (χ2v) is 11.6. The van der Waals surface area contributed by atoms with Gasteiger partial charge in [0.2, 0.25) is 0 Å². The van der Waals surface area contributed by atoms with Gasteiger partial charge in [0, 0.05) is 52.8 Å². The molecule has 0 spiro atoms. The van der Waals surface area contributed by atoms with E-state index in [1.165, 1.54) is 24.3 Å². The van der Waals surface area contributed by atoms with Crippen molar-refractivity contribution in [3.05, 3.63) is 107 Å². The number of carbonyl (C=O) groups excluding carboxylic acids is 2. The van der Waals surface area contributed by atoms with Crippen molar-refractivity contribution in [2.24, 2.45) is 0 Å². The third-order valence-electron chi connectivity index (χ3n) is 7.28. The molecule has 5 aromatic rings. The number of hydrogen-bond acceptors (Lipinski definition) is 7. The van der Waals surface area contributed by atoms with Crippen molar-refractivity contribution in [2.75, 3.05) is 21.3 Å². The Morgan fingerprint density at radius 2 is 1.39 bits per heavy atom. The molecule has 46 heavy (non-hydrogen) atoms. The molecule has 11 nitrogen and oxygen atoms in total. The van der Waals surface area contributed by atoms with Crippen LogP contribution >= 0.6 is 0 Å². The highest BCUT2D eigenvalue weighted by molar-refractivity contribution is 6.32. The highest BCUT2D eigenvalue weighted by Gasteiger charge is 2.26. The van der Waals surface area contributed by atoms with Crippen molar-refractivity contribution in [2.45, 2.75) is 33.1 Å². The van der Waals surface area contributed by atoms with E-state index in [0.29, 0.717) is 45.3 Å². The molecule has 0 saturated carbocycles. The van der Waals surface area contributed by atoms with Crippen molar-refractivity contribution in [1.82, 2.24) is 20.4 Å². The van der Waals surface area contributed by atoms with Gasteiger partial charge < -0.3 is 25.7 Å². The average molecular weight is 625 g/mol. The van der Waals surface area contributed by atoms with E-state index in [4.69, 9.17) is 4.42 Å². The first kappa shape index (κ1) is 30.1. The van der Waals surface area contributed by atoms with E-state index < -0.39 is 5.82 Å². The molecular formula is C33H30F2N8O3. The number of carbonyl (C=O) groups is 2. The molecule has 0 bridgehead atoms. The molecule has 2 aromatic carbocycles. The number of aromatic nitrogens is 4. The topological polar surface area (TPSA) is 153 Å². The molecular weight excluding hydrogens is 594 g/mol. The zero-order chi connectivity index (χ0) is 32.6. The fourth-order valence-corrected chi connectivity index (χ4v) is 4.90. The molecule has 7 rings (SSSR count). The molecule has 13 heteroatoms. The maximum Gasteiger partial charge on any atom is 0.257 e. The lowest BCUT2D eigenvalue weighted by Gasteiger charge is -2.13. The quantitative estimate of drug-likeness (QED) is 0.118. The zero-order valence-corrected chi connectivity index (χ0v) is 25.3. The van der Waals surface area contributed by atoms with Gasteiger partial charge >= 0.3 is 0 Å². The standard InChI is InChI=1S/C21H21FN4O2.C12H9FN4O/c1-11-14(8-18(28-11)21(2,3)4)17-9-19(26-25-17)23-10-15-13-6-5-12(22)7-16(13)24-20(15)27;13-7-1-2-8-9(12(18)16-10(8)5-7)6-14-11-3-4-15-17-11/h5-10H,1-4H3,(H,24,27)(H2,23,25,26);1-6H,(H,16,18)(H2,14,15,17)/b15-10+;9-6+. The van der Waals surface area contributed by atoms with Crippen LogP contribution in [0.2, 0.25) is 0 Å². The molecule has 234 valence electrons. The summed E-state index contributed by atoms with van der Waals surface area (Å²) in [5, 5.41) is 25.0. The van der Waals surface area contributed by atoms with Gasteiger partial charge in [0.15, 0.2) is 5.82 Å². The lowest BCUT2D eigenvalue weighted by atomic mass is 9.93. The third-order valence-corrected chi connectivity index (χ3v) is 7.28. The van der Waals surface area contributed by atoms with Gasteiger partial charge in [-0.05, 0) is 49.4 Å². The molecule has 0 unspecified atom stereocenters. The van der Waals surface area contributed by atoms with Crippen LogP contribution in [0.25, 0.3) is 22.4 Å². The first-order chi connectivity index (χ1) is 22.0. The summed E-state index contributed by atoms with van der Waals surface area (Å²) in [4.78, 5) is 23.9. The number of amides is 2. The number of rotatable bonds is 5. The van der Waals surface area contributed by atoms with E-state index in [1.807, 2.05) is 19.1 Å². The van der Waals surface area contributed by atoms with Crippen LogP contribution in [0.15, 0.2) is 77.6 Å². The van der Waals surface area contributed by atoms with Crippen molar-refractivity contribution in [3.63, 3.8) is 0 Å². The van der Waals surface area contributed by atoms with Gasteiger partial charge in [0.05, 0.1) is 28.2 Å². The maximum absolute atomic E-state index is 13.3. The Balaban J connectivity index is 0.000000178. The number of benzene rings is 2. The molecule has 0 aliphatic carbocycles. The van der Waals surface area contributed by atoms with Gasteiger partial charge in [-0.1, -0.05) is 20.8 Å². The normalized spacial score (nSPS) is 15.3. The average Bonchev–Trinajstić information content (AvgIpc) is 3.82. The van der Waals surface area contributed by atoms with E-state index in [1.54, 1.807) is 36.8 Å². The SMILES string of the molecule is Cc1oc(C(C)(C)C)cc1-c1cc(N/C=C2/C(=O)Nc3cc(F)ccc32)[nH]n1.O=C1Nc2cc(F)ccc2/C1=C\Nc1cc[nH]n1. The summed E-state index contributed by atoms with van der Waals surface area (Å²) in [6.45, 7) is 8.19. The van der Waals surface area contributed by atoms with Crippen molar-refractivity contribution < 1.29 is 22.8 Å². The van der Waals surface area contributed by atoms with E-state index in [9.17, 15) is 18.4 Å². The van der Waals surface area contributed by atoms with Crippen LogP contribution in [0.4, 0.5) is 31.8 Å². The second-order valence-electron chi connectivity index (χ2n) is 11.6. The Morgan fingerprint density at radius 3 is 1.93 bits per heavy atom. The number of aryl methyl sites for hydroxylation is 1. The van der Waals surface area contributed by atoms with Crippen molar-refractivity contribution >= 4 is 46.0 Å². The van der Waals surface area contributed by atoms with Gasteiger partial charge in [-0.2, -0.15) is 10.2 Å². The summed E-state index contributed by atoms with van der Waals surface area (Å²) in [5.74, 6) is 1.60. The van der Waals surface area contributed by atoms with Gasteiger partial charge in [0.1, 0.15) is 29.0 Å². The van der Waals surface area contributed by atoms with Crippen LogP contribution < -0.4 is 21.3 Å². The van der Waals surface area contributed by atoms with Crippen LogP contribution in [0.3, 0.4) is 0 Å². The Morgan fingerprint density at radius 1 is 0.783 bits per heavy atom. The predicted molar refractivity (Wildman–Crippen MR) is 172 cm³/mol. The Labute approximate surface area is 262 Å². The van der Waals surface area contributed by atoms with Crippen LogP contribution in [0, 0.1) is 18.6 Å².